The van der Waals surface area contributed by atoms with Gasteiger partial charge in [0.1, 0.15) is 17.5 Å². The first-order valence-electron chi connectivity index (χ1n) is 4.38. The molecule has 2 heterocycles. The van der Waals surface area contributed by atoms with Gasteiger partial charge >= 0.3 is 0 Å². The Hall–Kier alpha value is -1.67. The van der Waals surface area contributed by atoms with Crippen molar-refractivity contribution in [1.82, 2.24) is 9.97 Å². The van der Waals surface area contributed by atoms with Gasteiger partial charge in [-0.1, -0.05) is 0 Å². The molecule has 0 spiro atoms. The van der Waals surface area contributed by atoms with E-state index in [1.807, 2.05) is 0 Å². The summed E-state index contributed by atoms with van der Waals surface area (Å²) in [5, 5.41) is 8.54. The fraction of sp³-hybridized carbons (Fsp3) is 0.444. The first-order chi connectivity index (χ1) is 6.81. The van der Waals surface area contributed by atoms with Gasteiger partial charge in [-0.05, 0) is 6.42 Å². The summed E-state index contributed by atoms with van der Waals surface area (Å²) in [6, 6.07) is 1.78. The second-order valence-corrected chi connectivity index (χ2v) is 3.18. The molecule has 1 aromatic heterocycles. The van der Waals surface area contributed by atoms with Gasteiger partial charge in [0.25, 0.3) is 5.56 Å². The fourth-order valence-corrected chi connectivity index (χ4v) is 1.45. The summed E-state index contributed by atoms with van der Waals surface area (Å²) in [4.78, 5) is 17.9. The van der Waals surface area contributed by atoms with E-state index in [2.05, 4.69) is 9.97 Å². The van der Waals surface area contributed by atoms with Crippen LogP contribution in [0.4, 0.5) is 0 Å². The number of hydrogen-bond donors (Lipinski definition) is 1. The molecule has 5 heteroatoms. The number of aromatic nitrogens is 2. The van der Waals surface area contributed by atoms with E-state index in [1.54, 1.807) is 6.07 Å². The number of aromatic amines is 1. The first kappa shape index (κ1) is 8.91. The minimum absolute atomic E-state index is 0.0488. The van der Waals surface area contributed by atoms with Crippen molar-refractivity contribution in [1.29, 1.82) is 5.26 Å². The summed E-state index contributed by atoms with van der Waals surface area (Å²) in [6.45, 7) is 1.29. The molecule has 1 aliphatic heterocycles. The number of nitriles is 1. The number of hydrogen-bond acceptors (Lipinski definition) is 4. The van der Waals surface area contributed by atoms with Crippen LogP contribution in [0.1, 0.15) is 23.7 Å². The average Bonchev–Trinajstić information content (AvgIpc) is 2.70. The minimum atomic E-state index is -0.371. The topological polar surface area (TPSA) is 78.8 Å². The second kappa shape index (κ2) is 3.60. The van der Waals surface area contributed by atoms with Crippen LogP contribution in [-0.4, -0.2) is 23.2 Å². The van der Waals surface area contributed by atoms with E-state index in [9.17, 15) is 4.79 Å². The van der Waals surface area contributed by atoms with E-state index in [-0.39, 0.29) is 17.0 Å². The largest absolute Gasteiger partial charge is 0.381 e. The van der Waals surface area contributed by atoms with Crippen molar-refractivity contribution in [3.8, 4) is 6.07 Å². The van der Waals surface area contributed by atoms with Gasteiger partial charge in [-0.3, -0.25) is 4.79 Å². The standard InChI is InChI=1S/C9H9N3O2/c10-3-7-4-11-8(12-9(7)13)6-1-2-14-5-6/h4,6H,1-2,5H2,(H,11,12,13). The van der Waals surface area contributed by atoms with Crippen molar-refractivity contribution in [2.75, 3.05) is 13.2 Å². The average molecular weight is 191 g/mol. The molecule has 2 rings (SSSR count). The number of H-pyrrole nitrogens is 1. The second-order valence-electron chi connectivity index (χ2n) is 3.18. The molecule has 5 nitrogen and oxygen atoms in total. The molecule has 1 aromatic rings. The number of rotatable bonds is 1. The molecule has 1 fully saturated rings. The van der Waals surface area contributed by atoms with Gasteiger partial charge in [0, 0.05) is 12.5 Å². The Labute approximate surface area is 80.4 Å². The lowest BCUT2D eigenvalue weighted by Crippen LogP contribution is -2.16. The molecule has 0 aromatic carbocycles. The maximum Gasteiger partial charge on any atom is 0.268 e. The van der Waals surface area contributed by atoms with Crippen LogP contribution in [0.25, 0.3) is 0 Å². The predicted octanol–water partition coefficient (Wildman–Crippen LogP) is 0.145. The third-order valence-corrected chi connectivity index (χ3v) is 2.26. The van der Waals surface area contributed by atoms with Crippen molar-refractivity contribution in [3.63, 3.8) is 0 Å². The normalized spacial score (nSPS) is 20.6. The Morgan fingerprint density at radius 2 is 2.57 bits per heavy atom. The zero-order valence-electron chi connectivity index (χ0n) is 7.49. The van der Waals surface area contributed by atoms with Gasteiger partial charge in [-0.15, -0.1) is 0 Å². The van der Waals surface area contributed by atoms with Gasteiger partial charge in [0.15, 0.2) is 0 Å². The van der Waals surface area contributed by atoms with E-state index in [1.165, 1.54) is 6.20 Å². The summed E-state index contributed by atoms with van der Waals surface area (Å²) in [5.41, 5.74) is -0.322. The van der Waals surface area contributed by atoms with Crippen molar-refractivity contribution in [2.24, 2.45) is 0 Å². The summed E-state index contributed by atoms with van der Waals surface area (Å²) in [5.74, 6) is 0.780. The van der Waals surface area contributed by atoms with Crippen molar-refractivity contribution in [3.05, 3.63) is 27.9 Å². The molecule has 1 aliphatic rings. The number of nitrogens with one attached hydrogen (secondary N) is 1. The number of nitrogens with zero attached hydrogens (tertiary/aromatic N) is 2. The fourth-order valence-electron chi connectivity index (χ4n) is 1.45. The summed E-state index contributed by atoms with van der Waals surface area (Å²) < 4.78 is 5.18. The van der Waals surface area contributed by atoms with Crippen LogP contribution in [0.2, 0.25) is 0 Å². The highest BCUT2D eigenvalue weighted by Crippen LogP contribution is 2.20. The van der Waals surface area contributed by atoms with Crippen molar-refractivity contribution >= 4 is 0 Å². The van der Waals surface area contributed by atoms with E-state index in [4.69, 9.17) is 10.00 Å². The molecule has 0 amide bonds. The van der Waals surface area contributed by atoms with Crippen LogP contribution >= 0.6 is 0 Å². The molecular weight excluding hydrogens is 182 g/mol. The van der Waals surface area contributed by atoms with Crippen LogP contribution < -0.4 is 5.56 Å². The monoisotopic (exact) mass is 191 g/mol. The highest BCUT2D eigenvalue weighted by molar-refractivity contribution is 5.22. The highest BCUT2D eigenvalue weighted by atomic mass is 16.5. The summed E-state index contributed by atoms with van der Waals surface area (Å²) in [6.07, 6.45) is 2.18. The molecule has 0 bridgehead atoms. The SMILES string of the molecule is N#Cc1cnc(C2CCOC2)[nH]c1=O. The third kappa shape index (κ3) is 1.52. The first-order valence-corrected chi connectivity index (χ1v) is 4.38. The number of ether oxygens (including phenoxy) is 1. The Morgan fingerprint density at radius 3 is 3.14 bits per heavy atom. The lowest BCUT2D eigenvalue weighted by Gasteiger charge is -2.04. The van der Waals surface area contributed by atoms with Gasteiger partial charge in [0.05, 0.1) is 12.8 Å². The van der Waals surface area contributed by atoms with Crippen LogP contribution in [0.5, 0.6) is 0 Å². The molecule has 1 unspecified atom stereocenters. The van der Waals surface area contributed by atoms with Gasteiger partial charge in [0.2, 0.25) is 0 Å². The quantitative estimate of drug-likeness (QED) is 0.685. The van der Waals surface area contributed by atoms with E-state index in [0.717, 1.165) is 6.42 Å². The zero-order chi connectivity index (χ0) is 9.97. The van der Waals surface area contributed by atoms with Gasteiger partial charge in [-0.25, -0.2) is 4.98 Å². The van der Waals surface area contributed by atoms with E-state index >= 15 is 0 Å². The van der Waals surface area contributed by atoms with E-state index < -0.39 is 0 Å². The van der Waals surface area contributed by atoms with Crippen LogP contribution in [0.15, 0.2) is 11.0 Å². The lowest BCUT2D eigenvalue weighted by atomic mass is 10.1. The van der Waals surface area contributed by atoms with Crippen LogP contribution in [0.3, 0.4) is 0 Å². The minimum Gasteiger partial charge on any atom is -0.381 e. The molecule has 0 radical (unpaired) electrons. The Balaban J connectivity index is 2.33. The lowest BCUT2D eigenvalue weighted by molar-refractivity contribution is 0.193. The molecular formula is C9H9N3O2. The predicted molar refractivity (Wildman–Crippen MR) is 47.7 cm³/mol. The molecule has 1 atom stereocenters. The van der Waals surface area contributed by atoms with Gasteiger partial charge < -0.3 is 9.72 Å². The Kier molecular flexibility index (Phi) is 2.29. The third-order valence-electron chi connectivity index (χ3n) is 2.26. The van der Waals surface area contributed by atoms with Crippen LogP contribution in [-0.2, 0) is 4.74 Å². The Morgan fingerprint density at radius 1 is 1.71 bits per heavy atom. The van der Waals surface area contributed by atoms with Gasteiger partial charge in [-0.2, -0.15) is 5.26 Å². The molecule has 1 saturated heterocycles. The summed E-state index contributed by atoms with van der Waals surface area (Å²) >= 11 is 0. The molecule has 0 saturated carbocycles. The van der Waals surface area contributed by atoms with Crippen LogP contribution in [0, 0.1) is 11.3 Å². The Bertz CT molecular complexity index is 426. The van der Waals surface area contributed by atoms with E-state index in [0.29, 0.717) is 19.0 Å². The maximum atomic E-state index is 11.3. The molecule has 14 heavy (non-hydrogen) atoms. The molecule has 72 valence electrons. The summed E-state index contributed by atoms with van der Waals surface area (Å²) in [7, 11) is 0. The maximum absolute atomic E-state index is 11.3. The molecule has 0 aliphatic carbocycles. The highest BCUT2D eigenvalue weighted by Gasteiger charge is 2.20. The van der Waals surface area contributed by atoms with Crippen molar-refractivity contribution < 1.29 is 4.74 Å². The molecule has 1 N–H and O–H groups in total. The smallest absolute Gasteiger partial charge is 0.268 e. The zero-order valence-corrected chi connectivity index (χ0v) is 7.49. The van der Waals surface area contributed by atoms with Crippen molar-refractivity contribution in [2.45, 2.75) is 12.3 Å².